The number of aromatic nitrogens is 3. The number of thiazole rings is 1. The number of carbonyl (C=O) groups is 2. The number of likely N-dealkylation sites (N-methyl/N-ethyl adjacent to an activating group) is 1. The Bertz CT molecular complexity index is 886. The standard InChI is InChI=1S/C18H25N5O3S/c1-9(2)23-15-13(14(21-23)17(26)22(5)6-7-24)10(3)8-12-16(15)27-18(20-12)19-11(4)25/h9-10,24H,6-8H2,1-5H3,(H,19,20,25). The van der Waals surface area contributed by atoms with Gasteiger partial charge in [0.15, 0.2) is 10.8 Å². The molecule has 2 aromatic heterocycles. The second-order valence-corrected chi connectivity index (χ2v) is 8.18. The van der Waals surface area contributed by atoms with Crippen LogP contribution in [0.4, 0.5) is 5.13 Å². The molecule has 1 unspecified atom stereocenters. The lowest BCUT2D eigenvalue weighted by molar-refractivity contribution is -0.114. The van der Waals surface area contributed by atoms with Crippen molar-refractivity contribution in [2.24, 2.45) is 0 Å². The summed E-state index contributed by atoms with van der Waals surface area (Å²) in [6.45, 7) is 7.73. The van der Waals surface area contributed by atoms with Crippen LogP contribution in [0.1, 0.15) is 61.4 Å². The third kappa shape index (κ3) is 3.49. The highest BCUT2D eigenvalue weighted by molar-refractivity contribution is 7.19. The Hall–Kier alpha value is -2.26. The highest BCUT2D eigenvalue weighted by Gasteiger charge is 2.36. The zero-order valence-corrected chi connectivity index (χ0v) is 17.1. The number of rotatable bonds is 5. The summed E-state index contributed by atoms with van der Waals surface area (Å²) in [5.74, 6) is -0.274. The molecule has 1 aliphatic carbocycles. The quantitative estimate of drug-likeness (QED) is 0.814. The Morgan fingerprint density at radius 3 is 2.74 bits per heavy atom. The summed E-state index contributed by atoms with van der Waals surface area (Å²) in [6.07, 6.45) is 0.687. The predicted octanol–water partition coefficient (Wildman–Crippen LogP) is 2.27. The van der Waals surface area contributed by atoms with Crippen molar-refractivity contribution in [2.75, 3.05) is 25.5 Å². The number of carbonyl (C=O) groups excluding carboxylic acids is 2. The van der Waals surface area contributed by atoms with Gasteiger partial charge in [-0.2, -0.15) is 5.10 Å². The molecule has 0 radical (unpaired) electrons. The van der Waals surface area contributed by atoms with E-state index in [9.17, 15) is 9.59 Å². The van der Waals surface area contributed by atoms with Crippen LogP contribution in [0.3, 0.4) is 0 Å². The molecule has 9 heteroatoms. The number of nitrogens with one attached hydrogen (secondary N) is 1. The Kier molecular flexibility index (Phi) is 5.34. The Morgan fingerprint density at radius 1 is 1.44 bits per heavy atom. The normalized spacial score (nSPS) is 15.4. The average molecular weight is 391 g/mol. The molecule has 0 aliphatic heterocycles. The van der Waals surface area contributed by atoms with Crippen molar-refractivity contribution in [1.82, 2.24) is 19.7 Å². The van der Waals surface area contributed by atoms with Crippen LogP contribution in [0, 0.1) is 0 Å². The minimum atomic E-state index is -0.193. The molecular weight excluding hydrogens is 366 g/mol. The first-order valence-corrected chi connectivity index (χ1v) is 9.82. The lowest BCUT2D eigenvalue weighted by Gasteiger charge is -2.21. The molecule has 0 fully saturated rings. The first-order valence-electron chi connectivity index (χ1n) is 9.00. The van der Waals surface area contributed by atoms with Gasteiger partial charge in [0.1, 0.15) is 0 Å². The molecule has 27 heavy (non-hydrogen) atoms. The Morgan fingerprint density at radius 2 is 2.15 bits per heavy atom. The van der Waals surface area contributed by atoms with Crippen LogP contribution in [0.25, 0.3) is 10.6 Å². The maximum Gasteiger partial charge on any atom is 0.274 e. The summed E-state index contributed by atoms with van der Waals surface area (Å²) in [6, 6.07) is 0.0629. The fourth-order valence-electron chi connectivity index (χ4n) is 3.38. The second-order valence-electron chi connectivity index (χ2n) is 7.18. The van der Waals surface area contributed by atoms with E-state index in [2.05, 4.69) is 22.3 Å². The van der Waals surface area contributed by atoms with Gasteiger partial charge in [0, 0.05) is 32.1 Å². The number of nitrogens with zero attached hydrogens (tertiary/aromatic N) is 4. The van der Waals surface area contributed by atoms with Crippen LogP contribution in [0.5, 0.6) is 0 Å². The van der Waals surface area contributed by atoms with Crippen LogP contribution in [-0.4, -0.2) is 56.8 Å². The number of hydrogen-bond donors (Lipinski definition) is 2. The number of aliphatic hydroxyl groups is 1. The summed E-state index contributed by atoms with van der Waals surface area (Å²) >= 11 is 1.41. The zero-order chi connectivity index (χ0) is 19.9. The third-order valence-electron chi connectivity index (χ3n) is 4.61. The minimum Gasteiger partial charge on any atom is -0.395 e. The van der Waals surface area contributed by atoms with Gasteiger partial charge < -0.3 is 15.3 Å². The minimum absolute atomic E-state index is 0.0629. The fraction of sp³-hybridized carbons (Fsp3) is 0.556. The number of anilines is 1. The average Bonchev–Trinajstić information content (AvgIpc) is 3.15. The van der Waals surface area contributed by atoms with Gasteiger partial charge >= 0.3 is 0 Å². The Labute approximate surface area is 162 Å². The topological polar surface area (TPSA) is 100 Å². The van der Waals surface area contributed by atoms with Crippen LogP contribution in [0.15, 0.2) is 0 Å². The van der Waals surface area contributed by atoms with E-state index in [1.54, 1.807) is 7.05 Å². The third-order valence-corrected chi connectivity index (χ3v) is 5.63. The number of fused-ring (bicyclic) bond motifs is 3. The van der Waals surface area contributed by atoms with E-state index in [0.717, 1.165) is 21.8 Å². The molecule has 8 nitrogen and oxygen atoms in total. The van der Waals surface area contributed by atoms with Crippen molar-refractivity contribution in [2.45, 2.75) is 46.1 Å². The van der Waals surface area contributed by atoms with Crippen molar-refractivity contribution in [1.29, 1.82) is 0 Å². The summed E-state index contributed by atoms with van der Waals surface area (Å²) in [5.41, 5.74) is 3.19. The monoisotopic (exact) mass is 391 g/mol. The number of amides is 2. The van der Waals surface area contributed by atoms with Gasteiger partial charge in [0.05, 0.1) is 22.9 Å². The van der Waals surface area contributed by atoms with Gasteiger partial charge in [-0.05, 0) is 26.2 Å². The first kappa shape index (κ1) is 19.5. The molecule has 0 saturated heterocycles. The molecule has 1 aliphatic rings. The summed E-state index contributed by atoms with van der Waals surface area (Å²) < 4.78 is 1.87. The maximum atomic E-state index is 12.9. The summed E-state index contributed by atoms with van der Waals surface area (Å²) in [7, 11) is 1.67. The van der Waals surface area contributed by atoms with Crippen molar-refractivity contribution < 1.29 is 14.7 Å². The smallest absolute Gasteiger partial charge is 0.274 e. The SMILES string of the molecule is CC(=O)Nc1nc2c(s1)-c1c(c(C(=O)N(C)CCO)nn1C(C)C)C(C)C2. The largest absolute Gasteiger partial charge is 0.395 e. The van der Waals surface area contributed by atoms with Gasteiger partial charge in [-0.25, -0.2) is 4.98 Å². The molecule has 2 amide bonds. The Balaban J connectivity index is 2.16. The van der Waals surface area contributed by atoms with Gasteiger partial charge in [0.2, 0.25) is 5.91 Å². The van der Waals surface area contributed by atoms with Gasteiger partial charge in [-0.1, -0.05) is 18.3 Å². The van der Waals surface area contributed by atoms with Crippen LogP contribution < -0.4 is 5.32 Å². The molecule has 0 bridgehead atoms. The van der Waals surface area contributed by atoms with Crippen molar-refractivity contribution in [3.63, 3.8) is 0 Å². The van der Waals surface area contributed by atoms with Crippen molar-refractivity contribution >= 4 is 28.3 Å². The highest BCUT2D eigenvalue weighted by atomic mass is 32.1. The summed E-state index contributed by atoms with van der Waals surface area (Å²) in [5, 5.41) is 17.1. The molecule has 0 saturated carbocycles. The number of hydrogen-bond acceptors (Lipinski definition) is 6. The summed E-state index contributed by atoms with van der Waals surface area (Å²) in [4.78, 5) is 31.4. The lowest BCUT2D eigenvalue weighted by Crippen LogP contribution is -2.31. The van der Waals surface area contributed by atoms with Gasteiger partial charge in [-0.3, -0.25) is 14.3 Å². The van der Waals surface area contributed by atoms with Gasteiger partial charge in [0.25, 0.3) is 5.91 Å². The predicted molar refractivity (Wildman–Crippen MR) is 104 cm³/mol. The highest BCUT2D eigenvalue weighted by Crippen LogP contribution is 2.46. The molecule has 2 N–H and O–H groups in total. The van der Waals surface area contributed by atoms with E-state index >= 15 is 0 Å². The van der Waals surface area contributed by atoms with Crippen molar-refractivity contribution in [3.05, 3.63) is 17.0 Å². The van der Waals surface area contributed by atoms with Gasteiger partial charge in [-0.15, -0.1) is 0 Å². The molecule has 0 aromatic carbocycles. The molecule has 1 atom stereocenters. The first-order chi connectivity index (χ1) is 12.7. The molecule has 3 rings (SSSR count). The molecular formula is C18H25N5O3S. The molecule has 2 heterocycles. The van der Waals surface area contributed by atoms with Crippen LogP contribution in [-0.2, 0) is 11.2 Å². The van der Waals surface area contributed by atoms with Crippen molar-refractivity contribution in [3.8, 4) is 10.6 Å². The van der Waals surface area contributed by atoms with E-state index in [0.29, 0.717) is 17.2 Å². The van der Waals surface area contributed by atoms with Crippen LogP contribution >= 0.6 is 11.3 Å². The van der Waals surface area contributed by atoms with E-state index in [1.165, 1.54) is 23.2 Å². The molecule has 2 aromatic rings. The maximum absolute atomic E-state index is 12.9. The second kappa shape index (κ2) is 7.40. The lowest BCUT2D eigenvalue weighted by atomic mass is 9.87. The fourth-order valence-corrected chi connectivity index (χ4v) is 4.47. The number of aliphatic hydroxyl groups excluding tert-OH is 1. The molecule has 0 spiro atoms. The van der Waals surface area contributed by atoms with Crippen LogP contribution in [0.2, 0.25) is 0 Å². The van der Waals surface area contributed by atoms with E-state index < -0.39 is 0 Å². The van der Waals surface area contributed by atoms with E-state index in [-0.39, 0.29) is 36.9 Å². The molecule has 146 valence electrons. The van der Waals surface area contributed by atoms with E-state index in [1.807, 2.05) is 18.5 Å². The van der Waals surface area contributed by atoms with E-state index in [4.69, 9.17) is 5.11 Å². The zero-order valence-electron chi connectivity index (χ0n) is 16.2.